The number of piperidine rings is 1. The maximum absolute atomic E-state index is 13.0. The van der Waals surface area contributed by atoms with Crippen LogP contribution in [-0.2, 0) is 0 Å². The van der Waals surface area contributed by atoms with Crippen molar-refractivity contribution >= 4 is 16.8 Å². The van der Waals surface area contributed by atoms with Crippen molar-refractivity contribution in [3.05, 3.63) is 41.1 Å². The van der Waals surface area contributed by atoms with Crippen LogP contribution in [0.15, 0.2) is 24.3 Å². The van der Waals surface area contributed by atoms with Gasteiger partial charge in [-0.15, -0.1) is 0 Å². The summed E-state index contributed by atoms with van der Waals surface area (Å²) >= 11 is 0. The Bertz CT molecular complexity index is 720. The number of para-hydroxylation sites is 1. The Kier molecular flexibility index (Phi) is 4.62. The fraction of sp³-hybridized carbons (Fsp3) is 0.474. The number of benzene rings is 1. The summed E-state index contributed by atoms with van der Waals surface area (Å²) in [5.41, 5.74) is 3.70. The highest BCUT2D eigenvalue weighted by Crippen LogP contribution is 2.23. The average Bonchev–Trinajstić information content (AvgIpc) is 2.55. The van der Waals surface area contributed by atoms with Crippen LogP contribution >= 0.6 is 0 Å². The van der Waals surface area contributed by atoms with Crippen LogP contribution in [0.2, 0.25) is 0 Å². The molecule has 0 spiro atoms. The zero-order valence-electron chi connectivity index (χ0n) is 14.2. The Morgan fingerprint density at radius 2 is 2.22 bits per heavy atom. The fourth-order valence-corrected chi connectivity index (χ4v) is 3.45. The Morgan fingerprint density at radius 1 is 1.39 bits per heavy atom. The first-order chi connectivity index (χ1) is 11.1. The summed E-state index contributed by atoms with van der Waals surface area (Å²) in [6, 6.07) is 7.95. The van der Waals surface area contributed by atoms with E-state index in [-0.39, 0.29) is 5.91 Å². The number of amides is 1. The van der Waals surface area contributed by atoms with Gasteiger partial charge in [-0.3, -0.25) is 9.78 Å². The highest BCUT2D eigenvalue weighted by atomic mass is 16.2. The largest absolute Gasteiger partial charge is 0.341 e. The van der Waals surface area contributed by atoms with Crippen LogP contribution in [0.25, 0.3) is 10.9 Å². The van der Waals surface area contributed by atoms with Crippen LogP contribution in [0.3, 0.4) is 0 Å². The molecular weight excluding hydrogens is 286 g/mol. The first kappa shape index (κ1) is 15.9. The Morgan fingerprint density at radius 3 is 2.96 bits per heavy atom. The smallest absolute Gasteiger partial charge is 0.254 e. The minimum absolute atomic E-state index is 0.0941. The molecular formula is C19H25N3O. The molecule has 1 fully saturated rings. The Balaban J connectivity index is 1.89. The third kappa shape index (κ3) is 3.37. The van der Waals surface area contributed by atoms with Gasteiger partial charge in [-0.05, 0) is 57.3 Å². The van der Waals surface area contributed by atoms with E-state index in [1.807, 2.05) is 50.1 Å². The van der Waals surface area contributed by atoms with Crippen LogP contribution in [0.1, 0.15) is 34.5 Å². The number of fused-ring (bicyclic) bond motifs is 1. The summed E-state index contributed by atoms with van der Waals surface area (Å²) in [5, 5.41) is 4.37. The van der Waals surface area contributed by atoms with Crippen LogP contribution in [0.4, 0.5) is 0 Å². The number of nitrogens with zero attached hydrogens (tertiary/aromatic N) is 2. The summed E-state index contributed by atoms with van der Waals surface area (Å²) in [6.45, 7) is 6.91. The summed E-state index contributed by atoms with van der Waals surface area (Å²) < 4.78 is 0. The highest BCUT2D eigenvalue weighted by molar-refractivity contribution is 6.06. The van der Waals surface area contributed by atoms with Crippen molar-refractivity contribution in [2.45, 2.75) is 26.7 Å². The molecule has 4 nitrogen and oxygen atoms in total. The van der Waals surface area contributed by atoms with Gasteiger partial charge < -0.3 is 10.2 Å². The van der Waals surface area contributed by atoms with Crippen LogP contribution in [0.5, 0.6) is 0 Å². The van der Waals surface area contributed by atoms with Gasteiger partial charge in [-0.1, -0.05) is 18.2 Å². The molecule has 1 amide bonds. The number of carbonyl (C=O) groups excluding carboxylic acids is 1. The molecule has 1 aromatic carbocycles. The van der Waals surface area contributed by atoms with Gasteiger partial charge in [0.1, 0.15) is 0 Å². The van der Waals surface area contributed by atoms with Gasteiger partial charge in [0.15, 0.2) is 0 Å². The van der Waals surface area contributed by atoms with Gasteiger partial charge in [-0.25, -0.2) is 0 Å². The second-order valence-corrected chi connectivity index (χ2v) is 6.68. The maximum Gasteiger partial charge on any atom is 0.254 e. The van der Waals surface area contributed by atoms with Gasteiger partial charge in [0.05, 0.1) is 11.1 Å². The van der Waals surface area contributed by atoms with E-state index in [1.54, 1.807) is 0 Å². The third-order valence-corrected chi connectivity index (χ3v) is 4.68. The quantitative estimate of drug-likeness (QED) is 0.948. The van der Waals surface area contributed by atoms with Crippen LogP contribution in [-0.4, -0.2) is 42.5 Å². The van der Waals surface area contributed by atoms with E-state index in [4.69, 9.17) is 0 Å². The third-order valence-electron chi connectivity index (χ3n) is 4.68. The van der Waals surface area contributed by atoms with Crippen molar-refractivity contribution in [3.8, 4) is 0 Å². The number of hydrogen-bond acceptors (Lipinski definition) is 3. The Hall–Kier alpha value is -1.94. The second kappa shape index (κ2) is 6.67. The van der Waals surface area contributed by atoms with Gasteiger partial charge in [0.2, 0.25) is 0 Å². The second-order valence-electron chi connectivity index (χ2n) is 6.68. The van der Waals surface area contributed by atoms with Crippen molar-refractivity contribution in [3.63, 3.8) is 0 Å². The van der Waals surface area contributed by atoms with E-state index in [1.165, 1.54) is 12.8 Å². The van der Waals surface area contributed by atoms with E-state index >= 15 is 0 Å². The number of aryl methyl sites for hydroxylation is 2. The number of pyridine rings is 1. The maximum atomic E-state index is 13.0. The summed E-state index contributed by atoms with van der Waals surface area (Å²) in [5.74, 6) is 0.644. The first-order valence-electron chi connectivity index (χ1n) is 8.39. The van der Waals surface area contributed by atoms with E-state index in [0.29, 0.717) is 5.92 Å². The minimum atomic E-state index is 0.0941. The molecule has 1 saturated heterocycles. The first-order valence-corrected chi connectivity index (χ1v) is 8.39. The number of aromatic nitrogens is 1. The standard InChI is InChI=1S/C19H25N3O/c1-13-6-4-8-16-17(10-14(2)21-18(13)16)19(23)22(3)12-15-7-5-9-20-11-15/h4,6,8,10,15,20H,5,7,9,11-12H2,1-3H3/t15-/m1/s1. The number of nitrogens with one attached hydrogen (secondary N) is 1. The predicted molar refractivity (Wildman–Crippen MR) is 93.8 cm³/mol. The fourth-order valence-electron chi connectivity index (χ4n) is 3.45. The van der Waals surface area contributed by atoms with Crippen molar-refractivity contribution < 1.29 is 4.79 Å². The Labute approximate surface area is 137 Å². The summed E-state index contributed by atoms with van der Waals surface area (Å²) in [6.07, 6.45) is 2.39. The molecule has 23 heavy (non-hydrogen) atoms. The molecule has 122 valence electrons. The van der Waals surface area contributed by atoms with E-state index < -0.39 is 0 Å². The molecule has 1 aliphatic rings. The molecule has 0 aliphatic carbocycles. The summed E-state index contributed by atoms with van der Waals surface area (Å²) in [4.78, 5) is 19.5. The summed E-state index contributed by atoms with van der Waals surface area (Å²) in [7, 11) is 1.91. The van der Waals surface area contributed by atoms with E-state index in [9.17, 15) is 4.79 Å². The molecule has 0 saturated carbocycles. The van der Waals surface area contributed by atoms with Crippen LogP contribution < -0.4 is 5.32 Å². The lowest BCUT2D eigenvalue weighted by molar-refractivity contribution is 0.0766. The lowest BCUT2D eigenvalue weighted by atomic mass is 9.98. The lowest BCUT2D eigenvalue weighted by Crippen LogP contribution is -2.39. The van der Waals surface area contributed by atoms with Crippen molar-refractivity contribution in [1.29, 1.82) is 0 Å². The molecule has 0 bridgehead atoms. The zero-order chi connectivity index (χ0) is 16.4. The number of rotatable bonds is 3. The normalized spacial score (nSPS) is 18.1. The zero-order valence-corrected chi connectivity index (χ0v) is 14.2. The molecule has 1 aromatic heterocycles. The molecule has 0 radical (unpaired) electrons. The van der Waals surface area contributed by atoms with Gasteiger partial charge in [0, 0.05) is 24.7 Å². The highest BCUT2D eigenvalue weighted by Gasteiger charge is 2.21. The molecule has 2 heterocycles. The topological polar surface area (TPSA) is 45.2 Å². The molecule has 1 atom stereocenters. The average molecular weight is 311 g/mol. The molecule has 4 heteroatoms. The molecule has 0 unspecified atom stereocenters. The predicted octanol–water partition coefficient (Wildman–Crippen LogP) is 2.92. The number of carbonyl (C=O) groups is 1. The molecule has 2 aromatic rings. The minimum Gasteiger partial charge on any atom is -0.341 e. The SMILES string of the molecule is Cc1cc(C(=O)N(C)C[C@@H]2CCCNC2)c2cccc(C)c2n1. The monoisotopic (exact) mass is 311 g/mol. The van der Waals surface area contributed by atoms with E-state index in [2.05, 4.69) is 10.3 Å². The molecule has 1 N–H and O–H groups in total. The number of hydrogen-bond donors (Lipinski definition) is 1. The molecule has 3 rings (SSSR count). The van der Waals surface area contributed by atoms with Crippen molar-refractivity contribution in [2.75, 3.05) is 26.7 Å². The van der Waals surface area contributed by atoms with Gasteiger partial charge >= 0.3 is 0 Å². The van der Waals surface area contributed by atoms with E-state index in [0.717, 1.165) is 47.4 Å². The van der Waals surface area contributed by atoms with Crippen molar-refractivity contribution in [2.24, 2.45) is 5.92 Å². The van der Waals surface area contributed by atoms with Crippen LogP contribution in [0, 0.1) is 19.8 Å². The van der Waals surface area contributed by atoms with Gasteiger partial charge in [-0.2, -0.15) is 0 Å². The van der Waals surface area contributed by atoms with Crippen molar-refractivity contribution in [1.82, 2.24) is 15.2 Å². The lowest BCUT2D eigenvalue weighted by Gasteiger charge is -2.28. The van der Waals surface area contributed by atoms with Gasteiger partial charge in [0.25, 0.3) is 5.91 Å². The molecule has 1 aliphatic heterocycles.